The van der Waals surface area contributed by atoms with Crippen LogP contribution in [-0.4, -0.2) is 18.4 Å². The Morgan fingerprint density at radius 3 is 1.75 bits per heavy atom. The maximum atomic E-state index is 12.7. The number of hydrogen-bond donors (Lipinski definition) is 0. The molecule has 0 N–H and O–H groups in total. The van der Waals surface area contributed by atoms with Crippen molar-refractivity contribution in [2.75, 3.05) is 6.61 Å². The number of ketones is 1. The van der Waals surface area contributed by atoms with E-state index in [4.69, 9.17) is 9.47 Å². The number of Topliss-reactive ketones (excluding diaryl/α,β-unsaturated/α-hetero) is 1. The third-order valence-corrected chi connectivity index (χ3v) is 7.46. The quantitative estimate of drug-likeness (QED) is 0.0614. The molecule has 0 aliphatic rings. The van der Waals surface area contributed by atoms with Crippen LogP contribution >= 0.6 is 0 Å². The molecular weight excluding hydrogens is 496 g/mol. The van der Waals surface area contributed by atoms with Crippen LogP contribution in [0.25, 0.3) is 10.8 Å². The maximum absolute atomic E-state index is 12.7. The van der Waals surface area contributed by atoms with Gasteiger partial charge in [-0.2, -0.15) is 0 Å². The van der Waals surface area contributed by atoms with Crippen molar-refractivity contribution in [2.24, 2.45) is 0 Å². The van der Waals surface area contributed by atoms with Gasteiger partial charge in [0.2, 0.25) is 0 Å². The second-order valence-corrected chi connectivity index (χ2v) is 10.9. The first-order valence-electron chi connectivity index (χ1n) is 15.6. The fraction of sp³-hybridized carbons (Fsp3) is 0.500. The Morgan fingerprint density at radius 1 is 0.550 bits per heavy atom. The molecule has 0 saturated carbocycles. The minimum absolute atomic E-state index is 0.185. The molecule has 3 aromatic carbocycles. The van der Waals surface area contributed by atoms with E-state index in [0.717, 1.165) is 47.8 Å². The van der Waals surface area contributed by atoms with Crippen LogP contribution in [0.3, 0.4) is 0 Å². The van der Waals surface area contributed by atoms with Gasteiger partial charge in [-0.15, -0.1) is 0 Å². The van der Waals surface area contributed by atoms with E-state index in [2.05, 4.69) is 13.8 Å². The predicted octanol–water partition coefficient (Wildman–Crippen LogP) is 10.5. The van der Waals surface area contributed by atoms with Gasteiger partial charge in [0.05, 0.1) is 12.2 Å². The summed E-state index contributed by atoms with van der Waals surface area (Å²) in [4.78, 5) is 25.2. The lowest BCUT2D eigenvalue weighted by Crippen LogP contribution is -2.08. The van der Waals surface area contributed by atoms with Crippen LogP contribution in [0.4, 0.5) is 0 Å². The van der Waals surface area contributed by atoms with E-state index in [1.807, 2.05) is 42.5 Å². The summed E-state index contributed by atoms with van der Waals surface area (Å²) >= 11 is 0. The van der Waals surface area contributed by atoms with Gasteiger partial charge in [-0.25, -0.2) is 4.79 Å². The topological polar surface area (TPSA) is 52.6 Å². The predicted molar refractivity (Wildman–Crippen MR) is 166 cm³/mol. The first kappa shape index (κ1) is 31.4. The molecule has 0 aliphatic carbocycles. The molecule has 3 aromatic rings. The maximum Gasteiger partial charge on any atom is 0.343 e. The Balaban J connectivity index is 1.39. The zero-order chi connectivity index (χ0) is 28.4. The second kappa shape index (κ2) is 18.3. The molecule has 4 heteroatoms. The average Bonchev–Trinajstić information content (AvgIpc) is 2.98. The molecule has 0 spiro atoms. The Bertz CT molecular complexity index is 1170. The summed E-state index contributed by atoms with van der Waals surface area (Å²) in [5.41, 5.74) is 1.22. The number of hydrogen-bond acceptors (Lipinski definition) is 4. The zero-order valence-electron chi connectivity index (χ0n) is 24.7. The van der Waals surface area contributed by atoms with E-state index in [9.17, 15) is 9.59 Å². The fourth-order valence-electron chi connectivity index (χ4n) is 4.95. The van der Waals surface area contributed by atoms with Gasteiger partial charge in [0, 0.05) is 12.0 Å². The Hall–Kier alpha value is -3.14. The summed E-state index contributed by atoms with van der Waals surface area (Å²) in [7, 11) is 0. The standard InChI is InChI=1S/C36H48O4/c1-3-5-7-9-10-11-12-13-14-16-26-39-33-23-20-29(21-24-33)36(38)40-34-25-22-30-27-32(19-18-31(30)28-34)35(37)17-15-8-6-4-2/h18-25,27-28H,3-17,26H2,1-2H3. The second-order valence-electron chi connectivity index (χ2n) is 10.9. The Kier molecular flexibility index (Phi) is 14.3. The number of carbonyl (C=O) groups excluding carboxylic acids is 2. The fourth-order valence-corrected chi connectivity index (χ4v) is 4.95. The van der Waals surface area contributed by atoms with Crippen LogP contribution in [0.15, 0.2) is 60.7 Å². The Morgan fingerprint density at radius 2 is 1.07 bits per heavy atom. The monoisotopic (exact) mass is 544 g/mol. The molecule has 0 atom stereocenters. The molecule has 0 aromatic heterocycles. The summed E-state index contributed by atoms with van der Waals surface area (Å²) in [6.45, 7) is 5.13. The van der Waals surface area contributed by atoms with E-state index in [0.29, 0.717) is 24.3 Å². The van der Waals surface area contributed by atoms with E-state index < -0.39 is 5.97 Å². The summed E-state index contributed by atoms with van der Waals surface area (Å²) < 4.78 is 11.5. The molecule has 0 radical (unpaired) electrons. The number of carbonyl (C=O) groups is 2. The van der Waals surface area contributed by atoms with Crippen molar-refractivity contribution >= 4 is 22.5 Å². The van der Waals surface area contributed by atoms with Gasteiger partial charge < -0.3 is 9.47 Å². The number of benzene rings is 3. The number of ether oxygens (including phenoxy) is 2. The van der Waals surface area contributed by atoms with Crippen LogP contribution in [0, 0.1) is 0 Å². The van der Waals surface area contributed by atoms with Gasteiger partial charge in [0.15, 0.2) is 5.78 Å². The van der Waals surface area contributed by atoms with Crippen LogP contribution < -0.4 is 9.47 Å². The molecule has 216 valence electrons. The van der Waals surface area contributed by atoms with Gasteiger partial charge in [0.25, 0.3) is 0 Å². The largest absolute Gasteiger partial charge is 0.494 e. The Labute approximate surface area is 241 Å². The molecule has 0 saturated heterocycles. The van der Waals surface area contributed by atoms with Gasteiger partial charge >= 0.3 is 5.97 Å². The smallest absolute Gasteiger partial charge is 0.343 e. The number of rotatable bonds is 20. The molecule has 0 bridgehead atoms. The molecule has 0 heterocycles. The van der Waals surface area contributed by atoms with E-state index in [1.165, 1.54) is 64.2 Å². The van der Waals surface area contributed by atoms with Crippen LogP contribution in [0.1, 0.15) is 131 Å². The third-order valence-electron chi connectivity index (χ3n) is 7.46. The molecule has 0 aliphatic heterocycles. The highest BCUT2D eigenvalue weighted by Gasteiger charge is 2.11. The molecule has 3 rings (SSSR count). The van der Waals surface area contributed by atoms with Crippen molar-refractivity contribution in [2.45, 2.75) is 110 Å². The number of fused-ring (bicyclic) bond motifs is 1. The summed E-state index contributed by atoms with van der Waals surface area (Å²) in [6.07, 6.45) is 18.0. The third kappa shape index (κ3) is 11.2. The van der Waals surface area contributed by atoms with Crippen molar-refractivity contribution in [1.82, 2.24) is 0 Å². The number of unbranched alkanes of at least 4 members (excludes halogenated alkanes) is 12. The lowest BCUT2D eigenvalue weighted by molar-refractivity contribution is 0.0734. The first-order chi connectivity index (χ1) is 19.6. The normalized spacial score (nSPS) is 11.1. The van der Waals surface area contributed by atoms with Crippen molar-refractivity contribution in [3.8, 4) is 11.5 Å². The highest BCUT2D eigenvalue weighted by Crippen LogP contribution is 2.24. The summed E-state index contributed by atoms with van der Waals surface area (Å²) in [5, 5.41) is 1.90. The highest BCUT2D eigenvalue weighted by atomic mass is 16.5. The SMILES string of the molecule is CCCCCCCCCCCCOc1ccc(C(=O)Oc2ccc3cc(C(=O)CCCCCC)ccc3c2)cc1. The van der Waals surface area contributed by atoms with Gasteiger partial charge in [-0.05, 0) is 66.1 Å². The van der Waals surface area contributed by atoms with Crippen molar-refractivity contribution in [1.29, 1.82) is 0 Å². The van der Waals surface area contributed by atoms with Crippen molar-refractivity contribution in [3.63, 3.8) is 0 Å². The molecule has 4 nitrogen and oxygen atoms in total. The highest BCUT2D eigenvalue weighted by molar-refractivity contribution is 6.00. The van der Waals surface area contributed by atoms with Crippen molar-refractivity contribution in [3.05, 3.63) is 71.8 Å². The zero-order valence-corrected chi connectivity index (χ0v) is 24.7. The molecule has 40 heavy (non-hydrogen) atoms. The molecule has 0 fully saturated rings. The van der Waals surface area contributed by atoms with Gasteiger partial charge in [0.1, 0.15) is 11.5 Å². The molecule has 0 amide bonds. The minimum atomic E-state index is -0.403. The lowest BCUT2D eigenvalue weighted by atomic mass is 10.0. The average molecular weight is 545 g/mol. The van der Waals surface area contributed by atoms with E-state index in [-0.39, 0.29) is 5.78 Å². The van der Waals surface area contributed by atoms with Crippen LogP contribution in [0.5, 0.6) is 11.5 Å². The minimum Gasteiger partial charge on any atom is -0.494 e. The molecule has 0 unspecified atom stereocenters. The van der Waals surface area contributed by atoms with Gasteiger partial charge in [-0.1, -0.05) is 109 Å². The molecular formula is C36H48O4. The van der Waals surface area contributed by atoms with E-state index >= 15 is 0 Å². The number of esters is 1. The van der Waals surface area contributed by atoms with E-state index in [1.54, 1.807) is 18.2 Å². The lowest BCUT2D eigenvalue weighted by Gasteiger charge is -2.09. The van der Waals surface area contributed by atoms with Crippen molar-refractivity contribution < 1.29 is 19.1 Å². The summed E-state index contributed by atoms with van der Waals surface area (Å²) in [6, 6.07) is 18.4. The summed E-state index contributed by atoms with van der Waals surface area (Å²) in [5.74, 6) is 1.04. The van der Waals surface area contributed by atoms with Crippen LogP contribution in [-0.2, 0) is 0 Å². The van der Waals surface area contributed by atoms with Gasteiger partial charge in [-0.3, -0.25) is 4.79 Å². The first-order valence-corrected chi connectivity index (χ1v) is 15.6. The van der Waals surface area contributed by atoms with Crippen LogP contribution in [0.2, 0.25) is 0 Å².